The molecule has 0 aromatic carbocycles. The Hall–Kier alpha value is -1.69. The van der Waals surface area contributed by atoms with Gasteiger partial charge in [0.1, 0.15) is 12.0 Å². The first-order valence-corrected chi connectivity index (χ1v) is 4.51. The van der Waals surface area contributed by atoms with Crippen LogP contribution < -0.4 is 5.32 Å². The second-order valence-corrected chi connectivity index (χ2v) is 3.01. The molecule has 1 rings (SSSR count). The van der Waals surface area contributed by atoms with Gasteiger partial charge in [-0.25, -0.2) is 0 Å². The van der Waals surface area contributed by atoms with Crippen LogP contribution in [0.15, 0.2) is 16.7 Å². The van der Waals surface area contributed by atoms with E-state index in [1.54, 1.807) is 13.0 Å². The summed E-state index contributed by atoms with van der Waals surface area (Å²) in [7, 11) is 0. The predicted octanol–water partition coefficient (Wildman–Crippen LogP) is 1.73. The molecule has 0 aliphatic rings. The highest BCUT2D eigenvalue weighted by Gasteiger charge is 2.06. The molecule has 1 aromatic heterocycles. The third kappa shape index (κ3) is 2.98. The largest absolute Gasteiger partial charge is 0.469 e. The molecule has 1 aromatic rings. The summed E-state index contributed by atoms with van der Waals surface area (Å²) in [5, 5.41) is 2.75. The standard InChI is InChI=1S/C11H13NO2/c1-3-4-5-6-12-11(13)10-7-9(2)14-8-10/h1,7-8H,4-6H2,2H3,(H,12,13). The van der Waals surface area contributed by atoms with Crippen LogP contribution >= 0.6 is 0 Å². The lowest BCUT2D eigenvalue weighted by molar-refractivity contribution is 0.0952. The van der Waals surface area contributed by atoms with Gasteiger partial charge in [0, 0.05) is 13.0 Å². The Balaban J connectivity index is 2.33. The zero-order valence-corrected chi connectivity index (χ0v) is 8.17. The van der Waals surface area contributed by atoms with Gasteiger partial charge in [-0.1, -0.05) is 0 Å². The third-order valence-corrected chi connectivity index (χ3v) is 1.78. The fourth-order valence-electron chi connectivity index (χ4n) is 1.06. The Bertz CT molecular complexity index is 346. The van der Waals surface area contributed by atoms with Crippen LogP contribution in [0.4, 0.5) is 0 Å². The Kier molecular flexibility index (Phi) is 3.81. The summed E-state index contributed by atoms with van der Waals surface area (Å²) < 4.78 is 5.02. The molecule has 0 aliphatic carbocycles. The number of carbonyl (C=O) groups excluding carboxylic acids is 1. The second-order valence-electron chi connectivity index (χ2n) is 3.01. The lowest BCUT2D eigenvalue weighted by atomic mass is 10.3. The average Bonchev–Trinajstić information content (AvgIpc) is 2.59. The Labute approximate surface area is 83.5 Å². The first kappa shape index (κ1) is 10.4. The lowest BCUT2D eigenvalue weighted by Crippen LogP contribution is -2.23. The number of hydrogen-bond acceptors (Lipinski definition) is 2. The number of amides is 1. The van der Waals surface area contributed by atoms with E-state index in [-0.39, 0.29) is 5.91 Å². The van der Waals surface area contributed by atoms with Crippen molar-refractivity contribution in [3.63, 3.8) is 0 Å². The maximum absolute atomic E-state index is 11.4. The monoisotopic (exact) mass is 191 g/mol. The molecule has 74 valence electrons. The van der Waals surface area contributed by atoms with Crippen LogP contribution in [-0.4, -0.2) is 12.5 Å². The summed E-state index contributed by atoms with van der Waals surface area (Å²) in [6.45, 7) is 2.41. The minimum atomic E-state index is -0.112. The van der Waals surface area contributed by atoms with Crippen LogP contribution in [0, 0.1) is 19.3 Å². The fraction of sp³-hybridized carbons (Fsp3) is 0.364. The van der Waals surface area contributed by atoms with E-state index in [0.29, 0.717) is 18.5 Å². The number of hydrogen-bond donors (Lipinski definition) is 1. The summed E-state index contributed by atoms with van der Waals surface area (Å²) in [5.74, 6) is 3.14. The van der Waals surface area contributed by atoms with Gasteiger partial charge in [-0.05, 0) is 19.4 Å². The molecule has 3 heteroatoms. The zero-order chi connectivity index (χ0) is 10.4. The van der Waals surface area contributed by atoms with Crippen LogP contribution in [0.2, 0.25) is 0 Å². The van der Waals surface area contributed by atoms with E-state index in [4.69, 9.17) is 10.8 Å². The van der Waals surface area contributed by atoms with Crippen molar-refractivity contribution in [3.05, 3.63) is 23.7 Å². The number of unbranched alkanes of at least 4 members (excludes halogenated alkanes) is 1. The molecule has 0 saturated carbocycles. The van der Waals surface area contributed by atoms with E-state index in [1.165, 1.54) is 6.26 Å². The quantitative estimate of drug-likeness (QED) is 0.581. The second kappa shape index (κ2) is 5.13. The molecular formula is C11H13NO2. The SMILES string of the molecule is C#CCCCNC(=O)c1coc(C)c1. The van der Waals surface area contributed by atoms with Gasteiger partial charge in [0.25, 0.3) is 5.91 Å². The molecule has 0 fully saturated rings. The molecule has 0 bridgehead atoms. The van der Waals surface area contributed by atoms with Gasteiger partial charge in [0.2, 0.25) is 0 Å². The summed E-state index contributed by atoms with van der Waals surface area (Å²) in [5.41, 5.74) is 0.559. The van der Waals surface area contributed by atoms with Gasteiger partial charge in [0.15, 0.2) is 0 Å². The van der Waals surface area contributed by atoms with Gasteiger partial charge in [-0.15, -0.1) is 12.3 Å². The lowest BCUT2D eigenvalue weighted by Gasteiger charge is -2.00. The number of aryl methyl sites for hydroxylation is 1. The smallest absolute Gasteiger partial charge is 0.254 e. The van der Waals surface area contributed by atoms with E-state index in [1.807, 2.05) is 0 Å². The van der Waals surface area contributed by atoms with E-state index >= 15 is 0 Å². The number of nitrogens with one attached hydrogen (secondary N) is 1. The van der Waals surface area contributed by atoms with Crippen molar-refractivity contribution < 1.29 is 9.21 Å². The number of carbonyl (C=O) groups is 1. The number of terminal acetylenes is 1. The van der Waals surface area contributed by atoms with Crippen molar-refractivity contribution in [1.29, 1.82) is 0 Å². The van der Waals surface area contributed by atoms with Crippen molar-refractivity contribution in [2.24, 2.45) is 0 Å². The third-order valence-electron chi connectivity index (χ3n) is 1.78. The molecule has 0 atom stereocenters. The average molecular weight is 191 g/mol. The van der Waals surface area contributed by atoms with Crippen molar-refractivity contribution in [2.75, 3.05) is 6.54 Å². The molecule has 0 spiro atoms. The van der Waals surface area contributed by atoms with E-state index in [2.05, 4.69) is 11.2 Å². The highest BCUT2D eigenvalue weighted by molar-refractivity contribution is 5.93. The molecule has 0 unspecified atom stereocenters. The topological polar surface area (TPSA) is 42.2 Å². The van der Waals surface area contributed by atoms with Crippen LogP contribution in [-0.2, 0) is 0 Å². The normalized spacial score (nSPS) is 9.43. The molecule has 1 heterocycles. The fourth-order valence-corrected chi connectivity index (χ4v) is 1.06. The van der Waals surface area contributed by atoms with E-state index in [0.717, 1.165) is 12.2 Å². The van der Waals surface area contributed by atoms with Gasteiger partial charge >= 0.3 is 0 Å². The van der Waals surface area contributed by atoms with Crippen LogP contribution in [0.3, 0.4) is 0 Å². The Morgan fingerprint density at radius 1 is 1.71 bits per heavy atom. The van der Waals surface area contributed by atoms with Gasteiger partial charge < -0.3 is 9.73 Å². The predicted molar refractivity (Wildman–Crippen MR) is 53.8 cm³/mol. The molecule has 3 nitrogen and oxygen atoms in total. The summed E-state index contributed by atoms with van der Waals surface area (Å²) >= 11 is 0. The number of furan rings is 1. The molecule has 1 N–H and O–H groups in total. The molecule has 0 aliphatic heterocycles. The van der Waals surface area contributed by atoms with Crippen LogP contribution in [0.1, 0.15) is 29.0 Å². The van der Waals surface area contributed by atoms with Crippen LogP contribution in [0.5, 0.6) is 0 Å². The molecule has 14 heavy (non-hydrogen) atoms. The maximum Gasteiger partial charge on any atom is 0.254 e. The molecular weight excluding hydrogens is 178 g/mol. The minimum absolute atomic E-state index is 0.112. The Morgan fingerprint density at radius 2 is 2.50 bits per heavy atom. The molecule has 1 amide bonds. The zero-order valence-electron chi connectivity index (χ0n) is 8.17. The van der Waals surface area contributed by atoms with Crippen LogP contribution in [0.25, 0.3) is 0 Å². The van der Waals surface area contributed by atoms with Gasteiger partial charge in [0.05, 0.1) is 5.56 Å². The Morgan fingerprint density at radius 3 is 3.07 bits per heavy atom. The summed E-state index contributed by atoms with van der Waals surface area (Å²) in [6, 6.07) is 1.70. The number of rotatable bonds is 4. The van der Waals surface area contributed by atoms with E-state index in [9.17, 15) is 4.79 Å². The summed E-state index contributed by atoms with van der Waals surface area (Å²) in [6.07, 6.45) is 8.02. The highest BCUT2D eigenvalue weighted by atomic mass is 16.3. The first-order valence-electron chi connectivity index (χ1n) is 4.51. The molecule has 0 saturated heterocycles. The van der Waals surface area contributed by atoms with Gasteiger partial charge in [-0.3, -0.25) is 4.79 Å². The highest BCUT2D eigenvalue weighted by Crippen LogP contribution is 2.05. The first-order chi connectivity index (χ1) is 6.74. The van der Waals surface area contributed by atoms with Crippen molar-refractivity contribution in [3.8, 4) is 12.3 Å². The van der Waals surface area contributed by atoms with Gasteiger partial charge in [-0.2, -0.15) is 0 Å². The van der Waals surface area contributed by atoms with Crippen molar-refractivity contribution >= 4 is 5.91 Å². The van der Waals surface area contributed by atoms with Crippen molar-refractivity contribution in [1.82, 2.24) is 5.32 Å². The minimum Gasteiger partial charge on any atom is -0.469 e. The van der Waals surface area contributed by atoms with E-state index < -0.39 is 0 Å². The summed E-state index contributed by atoms with van der Waals surface area (Å²) in [4.78, 5) is 11.4. The maximum atomic E-state index is 11.4. The van der Waals surface area contributed by atoms with Crippen molar-refractivity contribution in [2.45, 2.75) is 19.8 Å². The molecule has 0 radical (unpaired) electrons.